The maximum absolute atomic E-state index is 10.3. The lowest BCUT2D eigenvalue weighted by molar-refractivity contribution is -0.231. The quantitative estimate of drug-likeness (QED) is 0.227. The van der Waals surface area contributed by atoms with Crippen LogP contribution in [0.4, 0.5) is 0 Å². The summed E-state index contributed by atoms with van der Waals surface area (Å²) in [5.74, 6) is 0. The molecule has 0 bridgehead atoms. The second-order valence-corrected chi connectivity index (χ2v) is 9.42. The zero-order valence-corrected chi connectivity index (χ0v) is 22.7. The molecule has 1 saturated heterocycles. The summed E-state index contributed by atoms with van der Waals surface area (Å²) in [6, 6.07) is 13.6. The Bertz CT molecular complexity index is 884. The molecule has 0 aromatic heterocycles. The van der Waals surface area contributed by atoms with E-state index in [1.165, 1.54) is 19.4 Å². The molecule has 1 fully saturated rings. The van der Waals surface area contributed by atoms with E-state index in [-0.39, 0.29) is 18.7 Å². The summed E-state index contributed by atoms with van der Waals surface area (Å²) in [5, 5.41) is 72.3. The van der Waals surface area contributed by atoms with Crippen molar-refractivity contribution in [2.24, 2.45) is 0 Å². The standard InChI is InChI=1S/C21H25ClO5.2C3H8O2.H2O/c1-2-12-3-5-13(6-4-12)9-15-10-14(7-8-16(15)22)21-20(26)19(25)18(24)17(11-23)27-21;2*1-3(5)2-4;/h3-8,10,17-21,23-26H,2,9,11H2,1H3;2*3-5H,2H2,1H3;1H2/t17-,18-,19+,20-,21+;2*3-;/m100./s1. The SMILES string of the molecule is CCc1ccc(Cc2cc([C@@H]3O[C@H](CO)[C@@H](O)[C@H](O)[C@H]3O)ccc2Cl)cc1.C[C@H](O)CO.C[C@H](O)CO.O. The molecule has 1 heterocycles. The summed E-state index contributed by atoms with van der Waals surface area (Å²) in [7, 11) is 0. The molecular weight excluding hydrogens is 520 g/mol. The first kappa shape index (κ1) is 36.3. The first-order valence-electron chi connectivity index (χ1n) is 12.2. The Morgan fingerprint density at radius 1 is 0.816 bits per heavy atom. The minimum absolute atomic E-state index is 0. The fourth-order valence-corrected chi connectivity index (χ4v) is 3.58. The molecule has 0 spiro atoms. The molecule has 10 N–H and O–H groups in total. The Kier molecular flexibility index (Phi) is 17.8. The van der Waals surface area contributed by atoms with Crippen molar-refractivity contribution < 1.29 is 51.1 Å². The molecule has 7 atom stereocenters. The van der Waals surface area contributed by atoms with E-state index in [0.717, 1.165) is 17.5 Å². The van der Waals surface area contributed by atoms with Crippen LogP contribution in [0.1, 0.15) is 49.1 Å². The summed E-state index contributed by atoms with van der Waals surface area (Å²) in [6.45, 7) is 4.43. The van der Waals surface area contributed by atoms with Gasteiger partial charge in [-0.1, -0.05) is 54.9 Å². The molecule has 1 aliphatic rings. The van der Waals surface area contributed by atoms with Crippen LogP contribution in [0.3, 0.4) is 0 Å². The van der Waals surface area contributed by atoms with E-state index in [1.54, 1.807) is 12.1 Å². The maximum atomic E-state index is 10.3. The second-order valence-electron chi connectivity index (χ2n) is 9.01. The summed E-state index contributed by atoms with van der Waals surface area (Å²) in [5.41, 5.74) is 3.88. The van der Waals surface area contributed by atoms with Crippen molar-refractivity contribution in [1.29, 1.82) is 0 Å². The first-order valence-corrected chi connectivity index (χ1v) is 12.6. The Morgan fingerprint density at radius 2 is 1.32 bits per heavy atom. The molecule has 1 aliphatic heterocycles. The minimum Gasteiger partial charge on any atom is -0.412 e. The molecular formula is C27H43ClO10. The Morgan fingerprint density at radius 3 is 1.76 bits per heavy atom. The number of benzene rings is 2. The van der Waals surface area contributed by atoms with Crippen LogP contribution in [-0.4, -0.2) is 103 Å². The van der Waals surface area contributed by atoms with Crippen LogP contribution in [-0.2, 0) is 17.6 Å². The first-order chi connectivity index (χ1) is 17.5. The Balaban J connectivity index is 0.00000107. The van der Waals surface area contributed by atoms with E-state index >= 15 is 0 Å². The molecule has 11 heteroatoms. The van der Waals surface area contributed by atoms with Crippen LogP contribution in [0.2, 0.25) is 5.02 Å². The predicted molar refractivity (Wildman–Crippen MR) is 144 cm³/mol. The number of aliphatic hydroxyl groups excluding tert-OH is 8. The number of aryl methyl sites for hydroxylation is 1. The molecule has 0 amide bonds. The summed E-state index contributed by atoms with van der Waals surface area (Å²) in [6.07, 6.45) is -5.40. The lowest BCUT2D eigenvalue weighted by Gasteiger charge is -2.40. The molecule has 0 saturated carbocycles. The Hall–Kier alpha value is -1.67. The van der Waals surface area contributed by atoms with E-state index in [2.05, 4.69) is 31.2 Å². The number of aliphatic hydroxyl groups is 8. The minimum atomic E-state index is -1.40. The van der Waals surface area contributed by atoms with Crippen molar-refractivity contribution in [3.05, 3.63) is 69.7 Å². The average molecular weight is 563 g/mol. The molecule has 2 aromatic carbocycles. The molecule has 0 aliphatic carbocycles. The van der Waals surface area contributed by atoms with E-state index < -0.39 is 49.3 Å². The van der Waals surface area contributed by atoms with Gasteiger partial charge in [0.1, 0.15) is 30.5 Å². The third-order valence-corrected chi connectivity index (χ3v) is 6.01. The van der Waals surface area contributed by atoms with Gasteiger partial charge in [0.2, 0.25) is 0 Å². The van der Waals surface area contributed by atoms with E-state index in [1.807, 2.05) is 6.07 Å². The van der Waals surface area contributed by atoms with Crippen LogP contribution in [0.15, 0.2) is 42.5 Å². The fraction of sp³-hybridized carbons (Fsp3) is 0.556. The molecule has 0 unspecified atom stereocenters. The van der Waals surface area contributed by atoms with Crippen molar-refractivity contribution in [2.75, 3.05) is 19.8 Å². The lowest BCUT2D eigenvalue weighted by Crippen LogP contribution is -2.55. The highest BCUT2D eigenvalue weighted by atomic mass is 35.5. The van der Waals surface area contributed by atoms with E-state index in [4.69, 9.17) is 36.8 Å². The van der Waals surface area contributed by atoms with Crippen LogP contribution in [0, 0.1) is 0 Å². The van der Waals surface area contributed by atoms with Crippen LogP contribution in [0.25, 0.3) is 0 Å². The number of ether oxygens (including phenoxy) is 1. The van der Waals surface area contributed by atoms with Crippen LogP contribution in [0.5, 0.6) is 0 Å². The van der Waals surface area contributed by atoms with Gasteiger partial charge >= 0.3 is 0 Å². The third-order valence-electron chi connectivity index (χ3n) is 5.64. The molecule has 2 aromatic rings. The topological polar surface area (TPSA) is 203 Å². The summed E-state index contributed by atoms with van der Waals surface area (Å²) < 4.78 is 5.64. The number of hydrogen-bond acceptors (Lipinski definition) is 9. The van der Waals surface area contributed by atoms with Crippen molar-refractivity contribution >= 4 is 11.6 Å². The van der Waals surface area contributed by atoms with Crippen LogP contribution < -0.4 is 0 Å². The van der Waals surface area contributed by atoms with Gasteiger partial charge in [0.25, 0.3) is 0 Å². The van der Waals surface area contributed by atoms with Crippen molar-refractivity contribution in [3.63, 3.8) is 0 Å². The number of halogens is 1. The average Bonchev–Trinajstić information content (AvgIpc) is 2.90. The van der Waals surface area contributed by atoms with Gasteiger partial charge in [-0.05, 0) is 55.0 Å². The van der Waals surface area contributed by atoms with E-state index in [9.17, 15) is 20.4 Å². The highest BCUT2D eigenvalue weighted by Crippen LogP contribution is 2.34. The predicted octanol–water partition coefficient (Wildman–Crippen LogP) is -0.0976. The fourth-order valence-electron chi connectivity index (χ4n) is 3.40. The molecule has 3 rings (SSSR count). The molecule has 0 radical (unpaired) electrons. The van der Waals surface area contributed by atoms with Crippen molar-refractivity contribution in [3.8, 4) is 0 Å². The summed E-state index contributed by atoms with van der Waals surface area (Å²) >= 11 is 6.36. The van der Waals surface area contributed by atoms with Gasteiger partial charge in [0, 0.05) is 5.02 Å². The zero-order valence-electron chi connectivity index (χ0n) is 22.0. The summed E-state index contributed by atoms with van der Waals surface area (Å²) in [4.78, 5) is 0. The van der Waals surface area contributed by atoms with Crippen molar-refractivity contribution in [1.82, 2.24) is 0 Å². The maximum Gasteiger partial charge on any atom is 0.113 e. The smallest absolute Gasteiger partial charge is 0.113 e. The second kappa shape index (κ2) is 18.6. The van der Waals surface area contributed by atoms with Gasteiger partial charge in [-0.15, -0.1) is 0 Å². The van der Waals surface area contributed by atoms with Gasteiger partial charge < -0.3 is 51.1 Å². The molecule has 10 nitrogen and oxygen atoms in total. The largest absolute Gasteiger partial charge is 0.412 e. The normalized spacial score (nSPS) is 24.1. The lowest BCUT2D eigenvalue weighted by atomic mass is 9.90. The highest BCUT2D eigenvalue weighted by molar-refractivity contribution is 6.31. The molecule has 38 heavy (non-hydrogen) atoms. The van der Waals surface area contributed by atoms with Crippen LogP contribution >= 0.6 is 11.6 Å². The van der Waals surface area contributed by atoms with Gasteiger partial charge in [0.15, 0.2) is 0 Å². The number of rotatable bonds is 7. The molecule has 218 valence electrons. The van der Waals surface area contributed by atoms with E-state index in [0.29, 0.717) is 17.0 Å². The Labute approximate surface area is 228 Å². The number of hydrogen-bond donors (Lipinski definition) is 8. The van der Waals surface area contributed by atoms with Gasteiger partial charge in [-0.3, -0.25) is 0 Å². The zero-order chi connectivity index (χ0) is 28.1. The van der Waals surface area contributed by atoms with Crippen molar-refractivity contribution in [2.45, 2.75) is 76.3 Å². The van der Waals surface area contributed by atoms with Gasteiger partial charge in [0.05, 0.1) is 32.0 Å². The van der Waals surface area contributed by atoms with Gasteiger partial charge in [-0.2, -0.15) is 0 Å². The third kappa shape index (κ3) is 11.6. The van der Waals surface area contributed by atoms with Gasteiger partial charge in [-0.25, -0.2) is 0 Å². The monoisotopic (exact) mass is 562 g/mol. The highest BCUT2D eigenvalue weighted by Gasteiger charge is 2.44.